The number of carbonyl (C=O) groups is 1. The van der Waals surface area contributed by atoms with E-state index in [1.54, 1.807) is 32.2 Å². The fourth-order valence-electron chi connectivity index (χ4n) is 1.18. The molecule has 0 spiro atoms. The summed E-state index contributed by atoms with van der Waals surface area (Å²) in [5, 5.41) is 9.20. The molecule has 0 saturated heterocycles. The van der Waals surface area contributed by atoms with E-state index >= 15 is 0 Å². The molecule has 1 heterocycles. The number of aromatic nitrogens is 1. The van der Waals surface area contributed by atoms with Crippen molar-refractivity contribution in [3.8, 4) is 0 Å². The maximum atomic E-state index is 10.8. The molecule has 90 valence electrons. The summed E-state index contributed by atoms with van der Waals surface area (Å²) in [6, 6.07) is 3.46. The van der Waals surface area contributed by atoms with Crippen molar-refractivity contribution < 1.29 is 9.90 Å². The fraction of sp³-hybridized carbons (Fsp3) is 0.250. The van der Waals surface area contributed by atoms with Gasteiger partial charge in [-0.2, -0.15) is 0 Å². The molecule has 0 bridgehead atoms. The highest BCUT2D eigenvalue weighted by Gasteiger charge is 2.05. The Morgan fingerprint density at radius 1 is 1.41 bits per heavy atom. The number of carboxylic acid groups (broad SMARTS) is 1. The molecule has 0 aliphatic heterocycles. The highest BCUT2D eigenvalue weighted by molar-refractivity contribution is 6.29. The number of allylic oxidation sites excluding steroid dienone is 1. The van der Waals surface area contributed by atoms with E-state index in [1.807, 2.05) is 0 Å². The second-order valence-corrected chi connectivity index (χ2v) is 3.97. The van der Waals surface area contributed by atoms with E-state index in [-0.39, 0.29) is 5.57 Å². The second-order valence-electron chi connectivity index (χ2n) is 3.58. The molecule has 1 aromatic heterocycles. The predicted molar refractivity (Wildman–Crippen MR) is 67.5 cm³/mol. The maximum absolute atomic E-state index is 10.8. The van der Waals surface area contributed by atoms with E-state index in [2.05, 4.69) is 9.98 Å². The van der Waals surface area contributed by atoms with E-state index in [1.165, 1.54) is 6.92 Å². The van der Waals surface area contributed by atoms with E-state index in [9.17, 15) is 4.79 Å². The lowest BCUT2D eigenvalue weighted by Crippen LogP contribution is -2.01. The molecule has 0 aromatic carbocycles. The van der Waals surface area contributed by atoms with Crippen LogP contribution in [0.5, 0.6) is 0 Å². The number of rotatable bonds is 3. The molecule has 1 N–H and O–H groups in total. The Kier molecular flexibility index (Phi) is 4.40. The van der Waals surface area contributed by atoms with Gasteiger partial charge in [-0.25, -0.2) is 9.78 Å². The second kappa shape index (κ2) is 5.59. The number of carboxylic acids is 1. The molecule has 0 radical (unpaired) electrons. The highest BCUT2D eigenvalue weighted by Crippen LogP contribution is 2.11. The van der Waals surface area contributed by atoms with Gasteiger partial charge in [-0.3, -0.25) is 4.99 Å². The minimum absolute atomic E-state index is 0.226. The Morgan fingerprint density at radius 2 is 2.06 bits per heavy atom. The van der Waals surface area contributed by atoms with Crippen LogP contribution in [0.2, 0.25) is 5.15 Å². The molecule has 5 heteroatoms. The molecule has 4 nitrogen and oxygen atoms in total. The fourth-order valence-corrected chi connectivity index (χ4v) is 1.36. The average Bonchev–Trinajstić information content (AvgIpc) is 2.27. The van der Waals surface area contributed by atoms with Crippen LogP contribution in [0.1, 0.15) is 26.3 Å². The first kappa shape index (κ1) is 13.4. The molecular formula is C12H13ClN2O2. The molecule has 1 aromatic rings. The molecule has 0 fully saturated rings. The number of aliphatic carboxylic acids is 1. The summed E-state index contributed by atoms with van der Waals surface area (Å²) in [5.41, 5.74) is 2.22. The van der Waals surface area contributed by atoms with Gasteiger partial charge in [-0.1, -0.05) is 11.6 Å². The Balaban J connectivity index is 3.09. The van der Waals surface area contributed by atoms with Crippen LogP contribution in [0.15, 0.2) is 34.6 Å². The van der Waals surface area contributed by atoms with Crippen LogP contribution in [-0.4, -0.2) is 21.8 Å². The predicted octanol–water partition coefficient (Wildman–Crippen LogP) is 2.92. The topological polar surface area (TPSA) is 62.5 Å². The molecule has 0 saturated carbocycles. The molecule has 1 rings (SSSR count). The Hall–Kier alpha value is -1.68. The normalized spacial score (nSPS) is 13.3. The van der Waals surface area contributed by atoms with Gasteiger partial charge in [0.2, 0.25) is 0 Å². The number of nitrogens with zero attached hydrogens (tertiary/aromatic N) is 2. The first-order valence-electron chi connectivity index (χ1n) is 5.00. The third-order valence-corrected chi connectivity index (χ3v) is 2.55. The Bertz CT molecular complexity index is 507. The number of hydrogen-bond donors (Lipinski definition) is 1. The van der Waals surface area contributed by atoms with Crippen LogP contribution in [-0.2, 0) is 4.79 Å². The monoisotopic (exact) mass is 252 g/mol. The van der Waals surface area contributed by atoms with Gasteiger partial charge in [0.1, 0.15) is 5.15 Å². The summed E-state index contributed by atoms with van der Waals surface area (Å²) in [5.74, 6) is -0.966. The average molecular weight is 253 g/mol. The summed E-state index contributed by atoms with van der Waals surface area (Å²) >= 11 is 5.77. The Labute approximate surface area is 105 Å². The van der Waals surface area contributed by atoms with Crippen LogP contribution in [0, 0.1) is 0 Å². The van der Waals surface area contributed by atoms with Gasteiger partial charge in [0.25, 0.3) is 0 Å². The standard InChI is InChI=1S/C12H13ClN2O2/c1-7(12(16)17)8(2)15-9(3)10-4-5-14-11(13)6-10/h4-6H,1-3H3,(H,16,17)/b8-7+,15-9?. The quantitative estimate of drug-likeness (QED) is 0.511. The third kappa shape index (κ3) is 3.67. The van der Waals surface area contributed by atoms with E-state index in [4.69, 9.17) is 16.7 Å². The van der Waals surface area contributed by atoms with Gasteiger partial charge in [0.05, 0.1) is 5.57 Å². The van der Waals surface area contributed by atoms with Crippen LogP contribution in [0.4, 0.5) is 0 Å². The van der Waals surface area contributed by atoms with E-state index < -0.39 is 5.97 Å². The molecule has 17 heavy (non-hydrogen) atoms. The summed E-state index contributed by atoms with van der Waals surface area (Å²) in [6.45, 7) is 4.98. The first-order chi connectivity index (χ1) is 7.91. The summed E-state index contributed by atoms with van der Waals surface area (Å²) < 4.78 is 0. The zero-order valence-electron chi connectivity index (χ0n) is 9.86. The van der Waals surface area contributed by atoms with Gasteiger partial charge in [-0.05, 0) is 32.9 Å². The number of aliphatic imine (C=N–C) groups is 1. The molecule has 0 amide bonds. The molecule has 0 aliphatic rings. The van der Waals surface area contributed by atoms with Crippen LogP contribution in [0.25, 0.3) is 0 Å². The minimum Gasteiger partial charge on any atom is -0.478 e. The molecule has 0 atom stereocenters. The van der Waals surface area contributed by atoms with Crippen molar-refractivity contribution in [3.63, 3.8) is 0 Å². The Morgan fingerprint density at radius 3 is 2.59 bits per heavy atom. The highest BCUT2D eigenvalue weighted by atomic mass is 35.5. The van der Waals surface area contributed by atoms with Crippen molar-refractivity contribution in [1.82, 2.24) is 4.98 Å². The van der Waals surface area contributed by atoms with Crippen molar-refractivity contribution in [2.45, 2.75) is 20.8 Å². The van der Waals surface area contributed by atoms with Crippen LogP contribution >= 0.6 is 11.6 Å². The maximum Gasteiger partial charge on any atom is 0.333 e. The van der Waals surface area contributed by atoms with Gasteiger partial charge in [0.15, 0.2) is 0 Å². The van der Waals surface area contributed by atoms with Crippen molar-refractivity contribution in [2.24, 2.45) is 4.99 Å². The van der Waals surface area contributed by atoms with Crippen molar-refractivity contribution >= 4 is 23.3 Å². The van der Waals surface area contributed by atoms with Crippen molar-refractivity contribution in [3.05, 3.63) is 40.3 Å². The first-order valence-corrected chi connectivity index (χ1v) is 5.37. The lowest BCUT2D eigenvalue weighted by Gasteiger charge is -2.03. The number of halogens is 1. The van der Waals surface area contributed by atoms with E-state index in [0.717, 1.165) is 5.56 Å². The number of hydrogen-bond acceptors (Lipinski definition) is 3. The van der Waals surface area contributed by atoms with Crippen molar-refractivity contribution in [1.29, 1.82) is 0 Å². The molecular weight excluding hydrogens is 240 g/mol. The zero-order chi connectivity index (χ0) is 13.0. The summed E-state index contributed by atoms with van der Waals surface area (Å²) in [7, 11) is 0. The van der Waals surface area contributed by atoms with Crippen LogP contribution < -0.4 is 0 Å². The van der Waals surface area contributed by atoms with Crippen molar-refractivity contribution in [2.75, 3.05) is 0 Å². The van der Waals surface area contributed by atoms with Crippen LogP contribution in [0.3, 0.4) is 0 Å². The van der Waals surface area contributed by atoms with Gasteiger partial charge in [0, 0.05) is 23.2 Å². The largest absolute Gasteiger partial charge is 0.478 e. The SMILES string of the molecule is CC(=N/C(C)=C(\C)C(=O)O)c1ccnc(Cl)c1. The van der Waals surface area contributed by atoms with Gasteiger partial charge >= 0.3 is 5.97 Å². The molecule has 0 unspecified atom stereocenters. The summed E-state index contributed by atoms with van der Waals surface area (Å²) in [6.07, 6.45) is 1.58. The molecule has 0 aliphatic carbocycles. The summed E-state index contributed by atoms with van der Waals surface area (Å²) in [4.78, 5) is 18.9. The lowest BCUT2D eigenvalue weighted by atomic mass is 10.2. The minimum atomic E-state index is -0.966. The lowest BCUT2D eigenvalue weighted by molar-refractivity contribution is -0.132. The van der Waals surface area contributed by atoms with Gasteiger partial charge < -0.3 is 5.11 Å². The number of pyridine rings is 1. The third-order valence-electron chi connectivity index (χ3n) is 2.34. The van der Waals surface area contributed by atoms with Gasteiger partial charge in [-0.15, -0.1) is 0 Å². The zero-order valence-corrected chi connectivity index (χ0v) is 10.6. The smallest absolute Gasteiger partial charge is 0.333 e. The van der Waals surface area contributed by atoms with E-state index in [0.29, 0.717) is 16.6 Å².